The van der Waals surface area contributed by atoms with E-state index in [9.17, 15) is 5.11 Å². The molecule has 0 radical (unpaired) electrons. The van der Waals surface area contributed by atoms with Crippen molar-refractivity contribution in [2.75, 3.05) is 26.2 Å². The Kier molecular flexibility index (Phi) is 7.72. The fraction of sp³-hybridized carbons (Fsp3) is 0.579. The molecule has 0 amide bonds. The maximum atomic E-state index is 10.7. The number of rotatable bonds is 5. The van der Waals surface area contributed by atoms with E-state index < -0.39 is 5.60 Å². The van der Waals surface area contributed by atoms with Crippen molar-refractivity contribution in [2.45, 2.75) is 38.8 Å². The van der Waals surface area contributed by atoms with E-state index in [0.717, 1.165) is 32.0 Å². The van der Waals surface area contributed by atoms with Crippen molar-refractivity contribution in [3.8, 4) is 0 Å². The van der Waals surface area contributed by atoms with Gasteiger partial charge in [0, 0.05) is 32.0 Å². The van der Waals surface area contributed by atoms with E-state index in [0.29, 0.717) is 17.7 Å². The lowest BCUT2D eigenvalue weighted by Crippen LogP contribution is -2.49. The van der Waals surface area contributed by atoms with Gasteiger partial charge in [0.15, 0.2) is 5.96 Å². The lowest BCUT2D eigenvalue weighted by Gasteiger charge is -2.39. The molecule has 1 aliphatic heterocycles. The molecule has 7 nitrogen and oxygen atoms in total. The number of likely N-dealkylation sites (tertiary alicyclic amines) is 1. The number of aliphatic imine (C=N–C) groups is 1. The fourth-order valence-corrected chi connectivity index (χ4v) is 3.41. The van der Waals surface area contributed by atoms with E-state index in [-0.39, 0.29) is 30.5 Å². The summed E-state index contributed by atoms with van der Waals surface area (Å²) in [6.07, 6.45) is 8.39. The van der Waals surface area contributed by atoms with Crippen LogP contribution in [0, 0.1) is 5.92 Å². The zero-order chi connectivity index (χ0) is 18.6. The Morgan fingerprint density at radius 2 is 2.33 bits per heavy atom. The maximum Gasteiger partial charge on any atom is 0.194 e. The average molecular weight is 487 g/mol. The van der Waals surface area contributed by atoms with Crippen LogP contribution in [-0.4, -0.2) is 51.7 Å². The molecule has 1 aliphatic rings. The molecule has 0 spiro atoms. The minimum Gasteiger partial charge on any atom is -0.466 e. The van der Waals surface area contributed by atoms with Crippen LogP contribution < -0.4 is 5.32 Å². The minimum atomic E-state index is -1.13. The first-order chi connectivity index (χ1) is 12.5. The molecule has 0 bridgehead atoms. The molecule has 1 saturated heterocycles. The molecule has 0 aromatic carbocycles. The van der Waals surface area contributed by atoms with Crippen molar-refractivity contribution >= 4 is 29.9 Å². The number of guanidine groups is 1. The van der Waals surface area contributed by atoms with Crippen molar-refractivity contribution < 1.29 is 9.52 Å². The highest BCUT2D eigenvalue weighted by molar-refractivity contribution is 14.0. The van der Waals surface area contributed by atoms with Gasteiger partial charge in [0.25, 0.3) is 0 Å². The quantitative estimate of drug-likeness (QED) is 0.386. The van der Waals surface area contributed by atoms with E-state index in [1.807, 2.05) is 18.7 Å². The van der Waals surface area contributed by atoms with Crippen molar-refractivity contribution in [1.82, 2.24) is 19.8 Å². The number of piperidine rings is 1. The van der Waals surface area contributed by atoms with E-state index in [2.05, 4.69) is 33.6 Å². The highest BCUT2D eigenvalue weighted by Gasteiger charge is 2.30. The summed E-state index contributed by atoms with van der Waals surface area (Å²) in [5.74, 6) is 1.94. The summed E-state index contributed by atoms with van der Waals surface area (Å²) >= 11 is 0. The largest absolute Gasteiger partial charge is 0.466 e. The summed E-state index contributed by atoms with van der Waals surface area (Å²) in [4.78, 5) is 11.2. The molecule has 3 unspecified atom stereocenters. The number of aromatic nitrogens is 2. The Balaban J connectivity index is 0.00000261. The van der Waals surface area contributed by atoms with Crippen molar-refractivity contribution in [3.05, 3.63) is 42.9 Å². The van der Waals surface area contributed by atoms with Crippen molar-refractivity contribution in [1.29, 1.82) is 0 Å². The Morgan fingerprint density at radius 3 is 2.96 bits per heavy atom. The molecule has 150 valence electrons. The number of halogens is 1. The standard InChI is InChI=1S/C19H29N5O2.HI/c1-4-21-18(22-13-19(3,25)17-6-5-11-26-17)23-9-7-15(2)16(12-23)24-10-8-20-14-24;/h5-6,8,10-11,14-16,25H,4,7,9,12-13H2,1-3H3,(H,21,22);1H. The topological polar surface area (TPSA) is 78.8 Å². The van der Waals surface area contributed by atoms with Crippen LogP contribution in [-0.2, 0) is 5.60 Å². The zero-order valence-electron chi connectivity index (χ0n) is 16.2. The SMILES string of the molecule is CCNC(=NCC(C)(O)c1ccco1)N1CCC(C)C(n2ccnc2)C1.I. The summed E-state index contributed by atoms with van der Waals surface area (Å²) in [7, 11) is 0. The number of hydrogen-bond donors (Lipinski definition) is 2. The van der Waals surface area contributed by atoms with Gasteiger partial charge >= 0.3 is 0 Å². The van der Waals surface area contributed by atoms with Crippen LogP contribution in [0.5, 0.6) is 0 Å². The summed E-state index contributed by atoms with van der Waals surface area (Å²) in [6, 6.07) is 3.92. The third kappa shape index (κ3) is 5.25. The number of nitrogens with zero attached hydrogens (tertiary/aromatic N) is 4. The predicted octanol–water partition coefficient (Wildman–Crippen LogP) is 2.85. The third-order valence-corrected chi connectivity index (χ3v) is 5.05. The van der Waals surface area contributed by atoms with Crippen LogP contribution in [0.4, 0.5) is 0 Å². The Morgan fingerprint density at radius 1 is 1.52 bits per heavy atom. The molecule has 8 heteroatoms. The highest BCUT2D eigenvalue weighted by atomic mass is 127. The van der Waals surface area contributed by atoms with Gasteiger partial charge in [-0.1, -0.05) is 6.92 Å². The molecular formula is C19H30IN5O2. The van der Waals surface area contributed by atoms with Crippen LogP contribution in [0.2, 0.25) is 0 Å². The van der Waals surface area contributed by atoms with Gasteiger partial charge in [0.05, 0.1) is 25.2 Å². The van der Waals surface area contributed by atoms with Gasteiger partial charge in [-0.25, -0.2) is 9.98 Å². The molecule has 3 heterocycles. The van der Waals surface area contributed by atoms with Gasteiger partial charge in [0.1, 0.15) is 11.4 Å². The first-order valence-corrected chi connectivity index (χ1v) is 9.28. The second-order valence-electron chi connectivity index (χ2n) is 7.21. The van der Waals surface area contributed by atoms with Crippen molar-refractivity contribution in [3.63, 3.8) is 0 Å². The molecule has 2 aromatic rings. The van der Waals surface area contributed by atoms with E-state index in [1.54, 1.807) is 25.3 Å². The summed E-state index contributed by atoms with van der Waals surface area (Å²) in [5.41, 5.74) is -1.13. The maximum absolute atomic E-state index is 10.7. The smallest absolute Gasteiger partial charge is 0.194 e. The van der Waals surface area contributed by atoms with Crippen LogP contribution in [0.15, 0.2) is 46.5 Å². The third-order valence-electron chi connectivity index (χ3n) is 5.05. The molecule has 2 N–H and O–H groups in total. The van der Waals surface area contributed by atoms with Crippen LogP contribution in [0.3, 0.4) is 0 Å². The van der Waals surface area contributed by atoms with Gasteiger partial charge in [-0.05, 0) is 38.3 Å². The first-order valence-electron chi connectivity index (χ1n) is 9.28. The van der Waals surface area contributed by atoms with Crippen molar-refractivity contribution in [2.24, 2.45) is 10.9 Å². The van der Waals surface area contributed by atoms with E-state index in [1.165, 1.54) is 0 Å². The fourth-order valence-electron chi connectivity index (χ4n) is 3.41. The Labute approximate surface area is 177 Å². The monoisotopic (exact) mass is 487 g/mol. The lowest BCUT2D eigenvalue weighted by atomic mass is 9.93. The molecule has 3 rings (SSSR count). The van der Waals surface area contributed by atoms with E-state index in [4.69, 9.17) is 9.41 Å². The number of imidazole rings is 1. The van der Waals surface area contributed by atoms with Crippen LogP contribution in [0.25, 0.3) is 0 Å². The summed E-state index contributed by atoms with van der Waals surface area (Å²) < 4.78 is 7.53. The molecule has 2 aromatic heterocycles. The highest BCUT2D eigenvalue weighted by Crippen LogP contribution is 2.28. The van der Waals surface area contributed by atoms with Gasteiger partial charge < -0.3 is 24.3 Å². The number of aliphatic hydroxyl groups is 1. The molecular weight excluding hydrogens is 457 g/mol. The second-order valence-corrected chi connectivity index (χ2v) is 7.21. The normalized spacial score (nSPS) is 22.8. The molecule has 0 saturated carbocycles. The first kappa shape index (κ1) is 21.7. The molecule has 1 fully saturated rings. The van der Waals surface area contributed by atoms with Gasteiger partial charge in [-0.2, -0.15) is 0 Å². The second kappa shape index (κ2) is 9.59. The van der Waals surface area contributed by atoms with Gasteiger partial charge in [-0.3, -0.25) is 0 Å². The molecule has 0 aliphatic carbocycles. The average Bonchev–Trinajstić information content (AvgIpc) is 3.32. The molecule has 3 atom stereocenters. The Bertz CT molecular complexity index is 700. The Hall–Kier alpha value is -1.55. The summed E-state index contributed by atoms with van der Waals surface area (Å²) in [5, 5.41) is 14.0. The van der Waals surface area contributed by atoms with Gasteiger partial charge in [0.2, 0.25) is 0 Å². The predicted molar refractivity (Wildman–Crippen MR) is 116 cm³/mol. The van der Waals surface area contributed by atoms with Crippen LogP contribution in [0.1, 0.15) is 39.0 Å². The van der Waals surface area contributed by atoms with Crippen LogP contribution >= 0.6 is 24.0 Å². The van der Waals surface area contributed by atoms with Gasteiger partial charge in [-0.15, -0.1) is 24.0 Å². The zero-order valence-corrected chi connectivity index (χ0v) is 18.5. The number of nitrogens with one attached hydrogen (secondary N) is 1. The number of hydrogen-bond acceptors (Lipinski definition) is 4. The molecule has 27 heavy (non-hydrogen) atoms. The summed E-state index contributed by atoms with van der Waals surface area (Å²) in [6.45, 7) is 8.90. The number of furan rings is 1. The lowest BCUT2D eigenvalue weighted by molar-refractivity contribution is 0.0433. The van der Waals surface area contributed by atoms with E-state index >= 15 is 0 Å². The minimum absolute atomic E-state index is 0.